The molecular formula is C15H16N6O2. The van der Waals surface area contributed by atoms with E-state index in [1.165, 1.54) is 10.9 Å². The Balaban J connectivity index is 2.14. The van der Waals surface area contributed by atoms with Gasteiger partial charge in [0.1, 0.15) is 5.56 Å². The van der Waals surface area contributed by atoms with Gasteiger partial charge in [0.05, 0.1) is 12.3 Å². The van der Waals surface area contributed by atoms with Crippen molar-refractivity contribution >= 4 is 5.97 Å². The summed E-state index contributed by atoms with van der Waals surface area (Å²) in [6.45, 7) is 5.83. The number of carbonyl (C=O) groups is 1. The molecule has 3 rings (SSSR count). The number of esters is 1. The summed E-state index contributed by atoms with van der Waals surface area (Å²) in [7, 11) is 0. The fourth-order valence-corrected chi connectivity index (χ4v) is 2.22. The average molecular weight is 312 g/mol. The van der Waals surface area contributed by atoms with Crippen LogP contribution in [0.25, 0.3) is 11.8 Å². The minimum absolute atomic E-state index is 0.251. The molecule has 0 aliphatic carbocycles. The summed E-state index contributed by atoms with van der Waals surface area (Å²) >= 11 is 0. The topological polar surface area (TPSA) is 87.7 Å². The van der Waals surface area contributed by atoms with E-state index in [1.54, 1.807) is 30.1 Å². The molecule has 0 radical (unpaired) electrons. The lowest BCUT2D eigenvalue weighted by atomic mass is 10.3. The van der Waals surface area contributed by atoms with E-state index in [4.69, 9.17) is 4.74 Å². The Morgan fingerprint density at radius 1 is 1.35 bits per heavy atom. The lowest BCUT2D eigenvalue weighted by molar-refractivity contribution is 0.0525. The number of hydrogen-bond acceptors (Lipinski definition) is 6. The third kappa shape index (κ3) is 2.83. The molecule has 23 heavy (non-hydrogen) atoms. The number of rotatable bonds is 4. The Morgan fingerprint density at radius 3 is 2.78 bits per heavy atom. The number of aromatic nitrogens is 6. The number of hydrogen-bond donors (Lipinski definition) is 0. The number of ether oxygens (including phenoxy) is 1. The maximum Gasteiger partial charge on any atom is 0.343 e. The first-order chi connectivity index (χ1) is 11.1. The van der Waals surface area contributed by atoms with Crippen LogP contribution in [0.2, 0.25) is 0 Å². The van der Waals surface area contributed by atoms with Gasteiger partial charge in [-0.2, -0.15) is 15.2 Å². The fraction of sp³-hybridized carbons (Fsp3) is 0.267. The minimum atomic E-state index is -0.488. The molecule has 8 nitrogen and oxygen atoms in total. The van der Waals surface area contributed by atoms with Gasteiger partial charge < -0.3 is 4.74 Å². The zero-order valence-electron chi connectivity index (χ0n) is 13.1. The molecule has 0 aromatic carbocycles. The average Bonchev–Trinajstić information content (AvgIpc) is 3.16. The zero-order chi connectivity index (χ0) is 16.4. The Bertz CT molecular complexity index is 838. The maximum absolute atomic E-state index is 12.1. The highest BCUT2D eigenvalue weighted by atomic mass is 16.5. The monoisotopic (exact) mass is 312 g/mol. The first-order valence-corrected chi connectivity index (χ1v) is 7.18. The molecule has 0 N–H and O–H groups in total. The first kappa shape index (κ1) is 14.9. The summed E-state index contributed by atoms with van der Waals surface area (Å²) in [5, 5.41) is 8.50. The van der Waals surface area contributed by atoms with Crippen LogP contribution >= 0.6 is 0 Å². The minimum Gasteiger partial charge on any atom is -0.462 e. The van der Waals surface area contributed by atoms with Crippen LogP contribution in [-0.2, 0) is 4.74 Å². The van der Waals surface area contributed by atoms with Crippen molar-refractivity contribution in [1.29, 1.82) is 0 Å². The molecule has 0 unspecified atom stereocenters. The molecule has 3 heterocycles. The number of carbonyl (C=O) groups excluding carboxylic acids is 1. The molecular weight excluding hydrogens is 296 g/mol. The second kappa shape index (κ2) is 5.99. The van der Waals surface area contributed by atoms with Crippen molar-refractivity contribution in [3.05, 3.63) is 47.7 Å². The quantitative estimate of drug-likeness (QED) is 0.681. The lowest BCUT2D eigenvalue weighted by Crippen LogP contribution is -2.15. The summed E-state index contributed by atoms with van der Waals surface area (Å²) < 4.78 is 8.18. The second-order valence-electron chi connectivity index (χ2n) is 4.92. The smallest absolute Gasteiger partial charge is 0.343 e. The van der Waals surface area contributed by atoms with Crippen LogP contribution in [0.1, 0.15) is 28.7 Å². The molecule has 0 saturated carbocycles. The van der Waals surface area contributed by atoms with E-state index >= 15 is 0 Å². The molecule has 0 amide bonds. The normalized spacial score (nSPS) is 10.7. The van der Waals surface area contributed by atoms with Crippen LogP contribution in [0.3, 0.4) is 0 Å². The van der Waals surface area contributed by atoms with E-state index in [2.05, 4.69) is 20.2 Å². The van der Waals surface area contributed by atoms with Crippen molar-refractivity contribution in [2.75, 3.05) is 6.61 Å². The van der Waals surface area contributed by atoms with Gasteiger partial charge in [-0.1, -0.05) is 0 Å². The van der Waals surface area contributed by atoms with E-state index in [1.807, 2.05) is 19.9 Å². The summed E-state index contributed by atoms with van der Waals surface area (Å²) in [4.78, 5) is 20.8. The van der Waals surface area contributed by atoms with Crippen molar-refractivity contribution in [1.82, 2.24) is 29.5 Å². The van der Waals surface area contributed by atoms with Crippen molar-refractivity contribution in [2.45, 2.75) is 20.8 Å². The molecule has 0 aliphatic heterocycles. The van der Waals surface area contributed by atoms with Gasteiger partial charge in [-0.15, -0.1) is 0 Å². The van der Waals surface area contributed by atoms with E-state index in [0.717, 1.165) is 11.4 Å². The van der Waals surface area contributed by atoms with Crippen LogP contribution in [0.15, 0.2) is 30.7 Å². The van der Waals surface area contributed by atoms with Crippen LogP contribution in [0.5, 0.6) is 0 Å². The van der Waals surface area contributed by atoms with Gasteiger partial charge in [0.2, 0.25) is 0 Å². The van der Waals surface area contributed by atoms with E-state index < -0.39 is 5.97 Å². The standard InChI is InChI=1S/C15H16N6O2/c1-4-23-14(22)12-9-16-15(21-11(3)8-10(2)19-21)18-13(12)20-7-5-6-17-20/h5-9H,4H2,1-3H3. The number of aryl methyl sites for hydroxylation is 2. The second-order valence-corrected chi connectivity index (χ2v) is 4.92. The molecule has 0 bridgehead atoms. The predicted molar refractivity (Wildman–Crippen MR) is 81.7 cm³/mol. The lowest BCUT2D eigenvalue weighted by Gasteiger charge is -2.10. The molecule has 3 aromatic heterocycles. The van der Waals surface area contributed by atoms with Gasteiger partial charge in [0.25, 0.3) is 5.95 Å². The Hall–Kier alpha value is -3.03. The Kier molecular flexibility index (Phi) is 3.88. The fourth-order valence-electron chi connectivity index (χ4n) is 2.22. The molecule has 0 aliphatic rings. The predicted octanol–water partition coefficient (Wildman–Crippen LogP) is 1.64. The molecule has 3 aromatic rings. The van der Waals surface area contributed by atoms with Crippen molar-refractivity contribution in [3.63, 3.8) is 0 Å². The summed E-state index contributed by atoms with van der Waals surface area (Å²) in [6, 6.07) is 3.68. The van der Waals surface area contributed by atoms with Crippen molar-refractivity contribution < 1.29 is 9.53 Å². The molecule has 8 heteroatoms. The van der Waals surface area contributed by atoms with E-state index in [-0.39, 0.29) is 12.2 Å². The van der Waals surface area contributed by atoms with E-state index in [0.29, 0.717) is 11.8 Å². The van der Waals surface area contributed by atoms with Gasteiger partial charge >= 0.3 is 5.97 Å². The third-order valence-corrected chi connectivity index (χ3v) is 3.17. The van der Waals surface area contributed by atoms with Gasteiger partial charge in [-0.25, -0.2) is 19.1 Å². The van der Waals surface area contributed by atoms with Crippen molar-refractivity contribution in [2.24, 2.45) is 0 Å². The highest BCUT2D eigenvalue weighted by molar-refractivity contribution is 5.92. The van der Waals surface area contributed by atoms with Gasteiger partial charge in [0.15, 0.2) is 5.82 Å². The highest BCUT2D eigenvalue weighted by Gasteiger charge is 2.19. The molecule has 0 atom stereocenters. The van der Waals surface area contributed by atoms with Crippen molar-refractivity contribution in [3.8, 4) is 11.8 Å². The van der Waals surface area contributed by atoms with Crippen LogP contribution in [-0.4, -0.2) is 42.1 Å². The molecule has 0 fully saturated rings. The summed E-state index contributed by atoms with van der Waals surface area (Å²) in [6.07, 6.45) is 4.75. The van der Waals surface area contributed by atoms with Crippen LogP contribution in [0.4, 0.5) is 0 Å². The van der Waals surface area contributed by atoms with Gasteiger partial charge in [-0.05, 0) is 32.9 Å². The highest BCUT2D eigenvalue weighted by Crippen LogP contribution is 2.15. The molecule has 0 spiro atoms. The number of nitrogens with zero attached hydrogens (tertiary/aromatic N) is 6. The third-order valence-electron chi connectivity index (χ3n) is 3.17. The Labute approximate surface area is 132 Å². The SMILES string of the molecule is CCOC(=O)c1cnc(-n2nc(C)cc2C)nc1-n1cccn1. The summed E-state index contributed by atoms with van der Waals surface area (Å²) in [5.41, 5.74) is 2.01. The van der Waals surface area contributed by atoms with Gasteiger partial charge in [0, 0.05) is 24.3 Å². The van der Waals surface area contributed by atoms with Crippen LogP contribution in [0, 0.1) is 13.8 Å². The first-order valence-electron chi connectivity index (χ1n) is 7.18. The molecule has 118 valence electrons. The maximum atomic E-state index is 12.1. The molecule has 0 saturated heterocycles. The van der Waals surface area contributed by atoms with E-state index in [9.17, 15) is 4.79 Å². The van der Waals surface area contributed by atoms with Crippen LogP contribution < -0.4 is 0 Å². The van der Waals surface area contributed by atoms with Gasteiger partial charge in [-0.3, -0.25) is 0 Å². The zero-order valence-corrected chi connectivity index (χ0v) is 13.1. The Morgan fingerprint density at radius 2 is 2.17 bits per heavy atom. The largest absolute Gasteiger partial charge is 0.462 e. The summed E-state index contributed by atoms with van der Waals surface area (Å²) in [5.74, 6) is 0.234.